The topological polar surface area (TPSA) is 67.2 Å². The Bertz CT molecular complexity index is 1020. The van der Waals surface area contributed by atoms with Crippen molar-refractivity contribution in [2.45, 2.75) is 32.4 Å². The monoisotopic (exact) mass is 376 g/mol. The van der Waals surface area contributed by atoms with Gasteiger partial charge in [0, 0.05) is 38.3 Å². The highest BCUT2D eigenvalue weighted by atomic mass is 16.1. The summed E-state index contributed by atoms with van der Waals surface area (Å²) in [5.74, 6) is -0.0799. The molecule has 0 bridgehead atoms. The van der Waals surface area contributed by atoms with Crippen molar-refractivity contribution in [1.82, 2.24) is 14.9 Å². The molecule has 0 atom stereocenters. The Morgan fingerprint density at radius 1 is 1.04 bits per heavy atom. The van der Waals surface area contributed by atoms with E-state index in [-0.39, 0.29) is 17.9 Å². The van der Waals surface area contributed by atoms with Crippen molar-refractivity contribution in [3.05, 3.63) is 70.8 Å². The number of hydrogen-bond donors (Lipinski definition) is 1. The lowest BCUT2D eigenvalue weighted by atomic mass is 10.2. The largest absolute Gasteiger partial charge is 0.372 e. The molecule has 28 heavy (non-hydrogen) atoms. The van der Waals surface area contributed by atoms with E-state index in [9.17, 15) is 9.59 Å². The Morgan fingerprint density at radius 3 is 2.57 bits per heavy atom. The van der Waals surface area contributed by atoms with Gasteiger partial charge in [0.25, 0.3) is 5.56 Å². The van der Waals surface area contributed by atoms with Crippen molar-refractivity contribution in [3.8, 4) is 0 Å². The average molecular weight is 376 g/mol. The van der Waals surface area contributed by atoms with Gasteiger partial charge in [0.1, 0.15) is 0 Å². The van der Waals surface area contributed by atoms with Gasteiger partial charge in [-0.05, 0) is 42.7 Å². The van der Waals surface area contributed by atoms with Gasteiger partial charge >= 0.3 is 0 Å². The Balaban J connectivity index is 1.30. The van der Waals surface area contributed by atoms with Crippen LogP contribution < -0.4 is 15.8 Å². The molecule has 1 aromatic heterocycles. The van der Waals surface area contributed by atoms with Crippen LogP contribution in [0.15, 0.2) is 59.7 Å². The first-order chi connectivity index (χ1) is 13.7. The van der Waals surface area contributed by atoms with E-state index in [1.165, 1.54) is 29.4 Å². The van der Waals surface area contributed by atoms with Gasteiger partial charge in [-0.3, -0.25) is 14.2 Å². The van der Waals surface area contributed by atoms with Crippen molar-refractivity contribution < 1.29 is 4.79 Å². The maximum atomic E-state index is 12.4. The number of rotatable bonds is 6. The maximum absolute atomic E-state index is 12.4. The highest BCUT2D eigenvalue weighted by molar-refractivity contribution is 5.77. The molecule has 1 fully saturated rings. The Hall–Kier alpha value is -3.15. The van der Waals surface area contributed by atoms with Crippen LogP contribution >= 0.6 is 0 Å². The van der Waals surface area contributed by atoms with Crippen LogP contribution in [-0.2, 0) is 17.9 Å². The minimum Gasteiger partial charge on any atom is -0.372 e. The van der Waals surface area contributed by atoms with Gasteiger partial charge in [0.15, 0.2) is 0 Å². The van der Waals surface area contributed by atoms with Crippen molar-refractivity contribution in [2.24, 2.45) is 0 Å². The van der Waals surface area contributed by atoms with Gasteiger partial charge in [-0.25, -0.2) is 4.98 Å². The predicted molar refractivity (Wildman–Crippen MR) is 110 cm³/mol. The predicted octanol–water partition coefficient (Wildman–Crippen LogP) is 2.70. The third-order valence-electron chi connectivity index (χ3n) is 5.21. The summed E-state index contributed by atoms with van der Waals surface area (Å²) in [6, 6.07) is 15.6. The highest BCUT2D eigenvalue weighted by Crippen LogP contribution is 2.20. The summed E-state index contributed by atoms with van der Waals surface area (Å²) >= 11 is 0. The number of nitrogens with one attached hydrogen (secondary N) is 1. The van der Waals surface area contributed by atoms with Gasteiger partial charge in [-0.1, -0.05) is 24.3 Å². The lowest BCUT2D eigenvalue weighted by Crippen LogP contribution is -2.27. The number of aryl methyl sites for hydroxylation is 1. The van der Waals surface area contributed by atoms with E-state index < -0.39 is 0 Å². The average Bonchev–Trinajstić information content (AvgIpc) is 3.27. The number of benzene rings is 2. The van der Waals surface area contributed by atoms with Crippen LogP contribution in [0, 0.1) is 0 Å². The van der Waals surface area contributed by atoms with Gasteiger partial charge < -0.3 is 10.2 Å². The Labute approximate surface area is 163 Å². The van der Waals surface area contributed by atoms with Crippen LogP contribution in [-0.4, -0.2) is 28.5 Å². The van der Waals surface area contributed by atoms with Crippen molar-refractivity contribution in [2.75, 3.05) is 18.0 Å². The summed E-state index contributed by atoms with van der Waals surface area (Å²) in [4.78, 5) is 31.3. The normalized spacial score (nSPS) is 13.8. The quantitative estimate of drug-likeness (QED) is 0.718. The molecule has 3 aromatic rings. The zero-order valence-corrected chi connectivity index (χ0v) is 15.8. The molecule has 144 valence electrons. The number of para-hydroxylation sites is 1. The first-order valence-corrected chi connectivity index (χ1v) is 9.75. The number of fused-ring (bicyclic) bond motifs is 1. The van der Waals surface area contributed by atoms with E-state index in [2.05, 4.69) is 39.5 Å². The molecule has 0 saturated carbocycles. The molecule has 6 heteroatoms. The fourth-order valence-electron chi connectivity index (χ4n) is 3.58. The number of nitrogens with zero attached hydrogens (tertiary/aromatic N) is 3. The first kappa shape index (κ1) is 18.2. The molecule has 2 heterocycles. The molecular weight excluding hydrogens is 352 g/mol. The lowest BCUT2D eigenvalue weighted by molar-refractivity contribution is -0.121. The smallest absolute Gasteiger partial charge is 0.261 e. The third kappa shape index (κ3) is 4.06. The third-order valence-corrected chi connectivity index (χ3v) is 5.21. The summed E-state index contributed by atoms with van der Waals surface area (Å²) in [5.41, 5.74) is 2.87. The van der Waals surface area contributed by atoms with Gasteiger partial charge in [-0.2, -0.15) is 0 Å². The zero-order chi connectivity index (χ0) is 19.3. The number of carbonyl (C=O) groups excluding carboxylic acids is 1. The molecule has 4 rings (SSSR count). The number of amides is 1. The summed E-state index contributed by atoms with van der Waals surface area (Å²) < 4.78 is 1.49. The minimum atomic E-state index is -0.115. The van der Waals surface area contributed by atoms with E-state index in [0.29, 0.717) is 24.0 Å². The van der Waals surface area contributed by atoms with Crippen LogP contribution in [0.2, 0.25) is 0 Å². The molecule has 1 aliphatic heterocycles. The standard InChI is InChI=1S/C22H24N4O2/c27-21(11-14-26-16-24-20-6-2-1-5-19(20)22(26)28)23-15-17-7-9-18(10-8-17)25-12-3-4-13-25/h1-2,5-10,16H,3-4,11-15H2,(H,23,27). The molecule has 1 amide bonds. The summed E-state index contributed by atoms with van der Waals surface area (Å²) in [6.45, 7) is 3.05. The second-order valence-corrected chi connectivity index (χ2v) is 7.15. The Morgan fingerprint density at radius 2 is 1.79 bits per heavy atom. The van der Waals surface area contributed by atoms with E-state index in [1.54, 1.807) is 6.07 Å². The molecular formula is C22H24N4O2. The van der Waals surface area contributed by atoms with Crippen LogP contribution in [0.1, 0.15) is 24.8 Å². The molecule has 1 aliphatic rings. The van der Waals surface area contributed by atoms with Crippen molar-refractivity contribution >= 4 is 22.5 Å². The molecule has 0 unspecified atom stereocenters. The van der Waals surface area contributed by atoms with Gasteiger partial charge in [0.05, 0.1) is 17.2 Å². The summed E-state index contributed by atoms with van der Waals surface area (Å²) in [7, 11) is 0. The maximum Gasteiger partial charge on any atom is 0.261 e. The fourth-order valence-corrected chi connectivity index (χ4v) is 3.58. The number of aromatic nitrogens is 2. The molecule has 0 aliphatic carbocycles. The Kier molecular flexibility index (Phi) is 5.37. The second kappa shape index (κ2) is 8.25. The first-order valence-electron chi connectivity index (χ1n) is 9.75. The van der Waals surface area contributed by atoms with Crippen LogP contribution in [0.5, 0.6) is 0 Å². The van der Waals surface area contributed by atoms with Gasteiger partial charge in [0.2, 0.25) is 5.91 Å². The molecule has 0 spiro atoms. The van der Waals surface area contributed by atoms with E-state index in [1.807, 2.05) is 18.2 Å². The molecule has 2 aromatic carbocycles. The molecule has 1 N–H and O–H groups in total. The van der Waals surface area contributed by atoms with E-state index >= 15 is 0 Å². The van der Waals surface area contributed by atoms with Crippen molar-refractivity contribution in [3.63, 3.8) is 0 Å². The summed E-state index contributed by atoms with van der Waals surface area (Å²) in [6.07, 6.45) is 4.27. The summed E-state index contributed by atoms with van der Waals surface area (Å²) in [5, 5.41) is 3.50. The lowest BCUT2D eigenvalue weighted by Gasteiger charge is -2.17. The van der Waals surface area contributed by atoms with Crippen molar-refractivity contribution in [1.29, 1.82) is 0 Å². The SMILES string of the molecule is O=C(CCn1cnc2ccccc2c1=O)NCc1ccc(N2CCCC2)cc1. The molecule has 6 nitrogen and oxygen atoms in total. The number of carbonyl (C=O) groups is 1. The molecule has 1 saturated heterocycles. The zero-order valence-electron chi connectivity index (χ0n) is 15.8. The van der Waals surface area contributed by atoms with Crippen LogP contribution in [0.4, 0.5) is 5.69 Å². The number of anilines is 1. The minimum absolute atomic E-state index is 0.0799. The van der Waals surface area contributed by atoms with Crippen LogP contribution in [0.3, 0.4) is 0 Å². The van der Waals surface area contributed by atoms with Crippen LogP contribution in [0.25, 0.3) is 10.9 Å². The van der Waals surface area contributed by atoms with E-state index in [4.69, 9.17) is 0 Å². The fraction of sp³-hybridized carbons (Fsp3) is 0.318. The van der Waals surface area contributed by atoms with E-state index in [0.717, 1.165) is 18.7 Å². The van der Waals surface area contributed by atoms with Gasteiger partial charge in [-0.15, -0.1) is 0 Å². The second-order valence-electron chi connectivity index (χ2n) is 7.15. The molecule has 0 radical (unpaired) electrons. The number of hydrogen-bond acceptors (Lipinski definition) is 4. The highest BCUT2D eigenvalue weighted by Gasteiger charge is 2.12.